The maximum atomic E-state index is 10.9. The van der Waals surface area contributed by atoms with Gasteiger partial charge >= 0.3 is 0 Å². The molecule has 1 aromatic rings. The van der Waals surface area contributed by atoms with Gasteiger partial charge in [0.1, 0.15) is 0 Å². The van der Waals surface area contributed by atoms with Crippen molar-refractivity contribution < 1.29 is 4.55 Å². The normalized spacial score (nSPS) is 15.9. The van der Waals surface area contributed by atoms with Crippen molar-refractivity contribution in [2.75, 3.05) is 6.26 Å². The molecule has 11 heavy (non-hydrogen) atoms. The number of benzene rings is 1. The van der Waals surface area contributed by atoms with Crippen LogP contribution < -0.4 is 0 Å². The fourth-order valence-electron chi connectivity index (χ4n) is 0.796. The van der Waals surface area contributed by atoms with E-state index >= 15 is 0 Å². The van der Waals surface area contributed by atoms with Crippen molar-refractivity contribution in [2.24, 2.45) is 0 Å². The maximum absolute atomic E-state index is 10.9. The summed E-state index contributed by atoms with van der Waals surface area (Å²) >= 11 is 4.85. The Morgan fingerprint density at radius 1 is 1.36 bits per heavy atom. The van der Waals surface area contributed by atoms with Crippen molar-refractivity contribution in [1.82, 2.24) is 0 Å². The molecule has 0 fully saturated rings. The highest BCUT2D eigenvalue weighted by molar-refractivity contribution is 7.92. The van der Waals surface area contributed by atoms with Gasteiger partial charge in [0.15, 0.2) is 0 Å². The number of hydrogen-bond donors (Lipinski definition) is 0. The summed E-state index contributed by atoms with van der Waals surface area (Å²) in [5.41, 5.74) is 0.912. The van der Waals surface area contributed by atoms with Gasteiger partial charge in [-0.15, -0.1) is 0 Å². The van der Waals surface area contributed by atoms with Gasteiger partial charge in [-0.25, -0.2) is 0 Å². The molecular formula is C8H9ClOS. The molecule has 0 radical (unpaired) electrons. The molecule has 0 bridgehead atoms. The van der Waals surface area contributed by atoms with Gasteiger partial charge in [-0.05, 0) is 11.2 Å². The van der Waals surface area contributed by atoms with Crippen LogP contribution in [0.2, 0.25) is 0 Å². The molecule has 0 saturated carbocycles. The molecule has 0 aliphatic rings. The molecule has 1 rings (SSSR count). The quantitative estimate of drug-likeness (QED) is 0.516. The van der Waals surface area contributed by atoms with Crippen LogP contribution >= 0.6 is 11.6 Å². The van der Waals surface area contributed by atoms with E-state index in [0.29, 0.717) is 0 Å². The minimum atomic E-state index is -0.996. The third-order valence-corrected chi connectivity index (χ3v) is 3.21. The van der Waals surface area contributed by atoms with Gasteiger partial charge in [-0.2, -0.15) is 0 Å². The van der Waals surface area contributed by atoms with Crippen molar-refractivity contribution >= 4 is 22.8 Å². The summed E-state index contributed by atoms with van der Waals surface area (Å²) in [6.45, 7) is 0. The van der Waals surface area contributed by atoms with E-state index in [1.165, 1.54) is 0 Å². The lowest BCUT2D eigenvalue weighted by molar-refractivity contribution is 0.598. The van der Waals surface area contributed by atoms with Crippen LogP contribution in [-0.4, -0.2) is 10.8 Å². The van der Waals surface area contributed by atoms with E-state index in [-0.39, 0.29) is 4.71 Å². The van der Waals surface area contributed by atoms with Crippen LogP contribution in [0.25, 0.3) is 0 Å². The van der Waals surface area contributed by atoms with E-state index in [2.05, 4.69) is 0 Å². The molecular weight excluding hydrogens is 180 g/mol. The molecule has 0 spiro atoms. The second-order valence-corrected chi connectivity index (χ2v) is 4.39. The zero-order valence-corrected chi connectivity index (χ0v) is 7.73. The molecule has 0 amide bonds. The van der Waals surface area contributed by atoms with Crippen LogP contribution in [-0.2, 0) is 11.2 Å². The molecule has 60 valence electrons. The van der Waals surface area contributed by atoms with Gasteiger partial charge in [0.05, 0.1) is 6.26 Å². The van der Waals surface area contributed by atoms with Crippen LogP contribution in [0.4, 0.5) is 0 Å². The van der Waals surface area contributed by atoms with Gasteiger partial charge in [-0.1, -0.05) is 41.9 Å². The fraction of sp³-hybridized carbons (Fsp3) is 0.250. The summed E-state index contributed by atoms with van der Waals surface area (Å²) < 4.78 is 10.5. The standard InChI is InChI=1S/C8H9ClOS/c1-11(10)8(9)7-5-3-2-4-6-7/h2-6,8H,1H3. The third kappa shape index (κ3) is 2.40. The summed E-state index contributed by atoms with van der Waals surface area (Å²) in [6.07, 6.45) is 1.60. The Balaban J connectivity index is 2.77. The van der Waals surface area contributed by atoms with E-state index in [0.717, 1.165) is 5.56 Å². The maximum Gasteiger partial charge on any atom is 0.213 e. The molecule has 0 aliphatic heterocycles. The van der Waals surface area contributed by atoms with Crippen molar-refractivity contribution in [2.45, 2.75) is 4.71 Å². The number of alkyl halides is 1. The predicted molar refractivity (Wildman–Crippen MR) is 49.1 cm³/mol. The van der Waals surface area contributed by atoms with E-state index in [4.69, 9.17) is 11.6 Å². The van der Waals surface area contributed by atoms with Crippen LogP contribution in [0.5, 0.6) is 0 Å². The average Bonchev–Trinajstić information content (AvgIpc) is 2.05. The van der Waals surface area contributed by atoms with E-state index < -0.39 is 11.2 Å². The van der Waals surface area contributed by atoms with E-state index in [1.54, 1.807) is 6.26 Å². The lowest BCUT2D eigenvalue weighted by Crippen LogP contribution is -2.04. The Bertz CT molecular complexity index is 213. The van der Waals surface area contributed by atoms with Gasteiger partial charge in [0.2, 0.25) is 4.71 Å². The summed E-state index contributed by atoms with van der Waals surface area (Å²) in [5, 5.41) is 0. The minimum Gasteiger partial charge on any atom is -0.615 e. The van der Waals surface area contributed by atoms with E-state index in [9.17, 15) is 4.55 Å². The SMILES string of the molecule is C[S+]([O-])C(Cl)c1ccccc1. The molecule has 1 nitrogen and oxygen atoms in total. The Kier molecular flexibility index (Phi) is 3.24. The van der Waals surface area contributed by atoms with Crippen LogP contribution in [0.1, 0.15) is 10.3 Å². The summed E-state index contributed by atoms with van der Waals surface area (Å²) in [6, 6.07) is 9.43. The lowest BCUT2D eigenvalue weighted by atomic mass is 10.2. The topological polar surface area (TPSA) is 23.1 Å². The van der Waals surface area contributed by atoms with Crippen LogP contribution in [0, 0.1) is 0 Å². The molecule has 0 saturated heterocycles. The van der Waals surface area contributed by atoms with E-state index in [1.807, 2.05) is 30.3 Å². The van der Waals surface area contributed by atoms with Crippen molar-refractivity contribution in [3.63, 3.8) is 0 Å². The molecule has 1 aromatic carbocycles. The fourth-order valence-corrected chi connectivity index (χ4v) is 1.48. The lowest BCUT2D eigenvalue weighted by Gasteiger charge is -2.11. The van der Waals surface area contributed by atoms with Crippen LogP contribution in [0.15, 0.2) is 30.3 Å². The second-order valence-electron chi connectivity index (χ2n) is 2.23. The number of halogens is 1. The van der Waals surface area contributed by atoms with Crippen molar-refractivity contribution in [3.05, 3.63) is 35.9 Å². The van der Waals surface area contributed by atoms with Gasteiger partial charge in [0, 0.05) is 5.56 Å². The smallest absolute Gasteiger partial charge is 0.213 e. The summed E-state index contributed by atoms with van der Waals surface area (Å²) in [4.78, 5) is 0. The Morgan fingerprint density at radius 2 is 1.91 bits per heavy atom. The van der Waals surface area contributed by atoms with Crippen molar-refractivity contribution in [3.8, 4) is 0 Å². The van der Waals surface area contributed by atoms with Crippen LogP contribution in [0.3, 0.4) is 0 Å². The Morgan fingerprint density at radius 3 is 2.36 bits per heavy atom. The van der Waals surface area contributed by atoms with Gasteiger partial charge < -0.3 is 4.55 Å². The molecule has 0 N–H and O–H groups in total. The number of rotatable bonds is 2. The highest BCUT2D eigenvalue weighted by Crippen LogP contribution is 2.24. The highest BCUT2D eigenvalue weighted by Gasteiger charge is 2.15. The van der Waals surface area contributed by atoms with Gasteiger partial charge in [-0.3, -0.25) is 0 Å². The Hall–Kier alpha value is -0.180. The molecule has 0 aromatic heterocycles. The molecule has 3 heteroatoms. The summed E-state index contributed by atoms with van der Waals surface area (Å²) in [7, 11) is 0. The first-order valence-electron chi connectivity index (χ1n) is 3.23. The zero-order valence-electron chi connectivity index (χ0n) is 6.16. The average molecular weight is 189 g/mol. The summed E-state index contributed by atoms with van der Waals surface area (Å²) in [5.74, 6) is 0. The zero-order chi connectivity index (χ0) is 8.27. The first-order chi connectivity index (χ1) is 5.22. The Labute approximate surface area is 74.6 Å². The molecule has 2 atom stereocenters. The minimum absolute atomic E-state index is 0.379. The number of hydrogen-bond acceptors (Lipinski definition) is 1. The second kappa shape index (κ2) is 4.00. The largest absolute Gasteiger partial charge is 0.615 e. The monoisotopic (exact) mass is 188 g/mol. The third-order valence-electron chi connectivity index (χ3n) is 1.35. The predicted octanol–water partition coefficient (Wildman–Crippen LogP) is 2.30. The van der Waals surface area contributed by atoms with Gasteiger partial charge in [0.25, 0.3) is 0 Å². The molecule has 2 unspecified atom stereocenters. The van der Waals surface area contributed by atoms with Crippen molar-refractivity contribution in [1.29, 1.82) is 0 Å². The highest BCUT2D eigenvalue weighted by atomic mass is 35.5. The molecule has 0 heterocycles. The molecule has 0 aliphatic carbocycles. The first-order valence-corrected chi connectivity index (χ1v) is 5.29. The first kappa shape index (κ1) is 8.91.